The predicted octanol–water partition coefficient (Wildman–Crippen LogP) is 3.17. The number of sulfonamides is 1. The second-order valence-electron chi connectivity index (χ2n) is 8.62. The molecule has 0 spiro atoms. The first-order valence-electron chi connectivity index (χ1n) is 10.7. The van der Waals surface area contributed by atoms with Crippen LogP contribution in [0.1, 0.15) is 49.8 Å². The van der Waals surface area contributed by atoms with Crippen LogP contribution < -0.4 is 15.6 Å². The molecule has 3 N–H and O–H groups in total. The van der Waals surface area contributed by atoms with E-state index in [2.05, 4.69) is 20.0 Å². The molecule has 0 bridgehead atoms. The SMILES string of the molecule is CNS(=O)(=O)c1ccc(Nc2ncc3cc(C(F)F)c(=O)n([C@@H]4CCC[C@@]4(C)O)c3n2)c(C)c1. The summed E-state index contributed by atoms with van der Waals surface area (Å²) in [4.78, 5) is 21.7. The minimum Gasteiger partial charge on any atom is -0.388 e. The molecule has 0 radical (unpaired) electrons. The quantitative estimate of drug-likeness (QED) is 0.481. The molecule has 1 saturated carbocycles. The van der Waals surface area contributed by atoms with Crippen molar-refractivity contribution < 1.29 is 22.3 Å². The van der Waals surface area contributed by atoms with E-state index in [0.29, 0.717) is 30.5 Å². The maximum atomic E-state index is 13.6. The molecule has 9 nitrogen and oxygen atoms in total. The fourth-order valence-corrected chi connectivity index (χ4v) is 5.18. The highest BCUT2D eigenvalue weighted by molar-refractivity contribution is 7.89. The number of anilines is 2. The molecule has 182 valence electrons. The maximum absolute atomic E-state index is 13.6. The number of benzene rings is 1. The number of nitrogens with one attached hydrogen (secondary N) is 2. The summed E-state index contributed by atoms with van der Waals surface area (Å²) in [6, 6.07) is 4.83. The molecule has 0 unspecified atom stereocenters. The number of alkyl halides is 2. The number of fused-ring (bicyclic) bond motifs is 1. The van der Waals surface area contributed by atoms with Gasteiger partial charge in [0.05, 0.1) is 22.1 Å². The lowest BCUT2D eigenvalue weighted by molar-refractivity contribution is 0.0261. The molecule has 1 aromatic carbocycles. The van der Waals surface area contributed by atoms with Gasteiger partial charge in [0.15, 0.2) is 0 Å². The van der Waals surface area contributed by atoms with Crippen LogP contribution in [-0.4, -0.2) is 40.7 Å². The van der Waals surface area contributed by atoms with E-state index in [1.807, 2.05) is 0 Å². The van der Waals surface area contributed by atoms with Crippen molar-refractivity contribution in [1.29, 1.82) is 0 Å². The maximum Gasteiger partial charge on any atom is 0.269 e. The summed E-state index contributed by atoms with van der Waals surface area (Å²) in [5.41, 5.74) is -1.55. The van der Waals surface area contributed by atoms with Gasteiger partial charge in [-0.3, -0.25) is 9.36 Å². The number of aryl methyl sites for hydroxylation is 1. The van der Waals surface area contributed by atoms with E-state index in [9.17, 15) is 27.1 Å². The second-order valence-corrected chi connectivity index (χ2v) is 10.5. The van der Waals surface area contributed by atoms with Gasteiger partial charge >= 0.3 is 0 Å². The summed E-state index contributed by atoms with van der Waals surface area (Å²) in [5.74, 6) is 0.0930. The lowest BCUT2D eigenvalue weighted by Crippen LogP contribution is -2.38. The van der Waals surface area contributed by atoms with E-state index in [4.69, 9.17) is 0 Å². The van der Waals surface area contributed by atoms with Gasteiger partial charge in [0.2, 0.25) is 16.0 Å². The van der Waals surface area contributed by atoms with Crippen LogP contribution in [0, 0.1) is 6.92 Å². The average Bonchev–Trinajstić information content (AvgIpc) is 3.13. The van der Waals surface area contributed by atoms with Crippen LogP contribution in [0.4, 0.5) is 20.4 Å². The van der Waals surface area contributed by atoms with Crippen LogP contribution in [0.25, 0.3) is 11.0 Å². The Balaban J connectivity index is 1.82. The molecule has 2 heterocycles. The Morgan fingerprint density at radius 3 is 2.62 bits per heavy atom. The van der Waals surface area contributed by atoms with Crippen LogP contribution in [-0.2, 0) is 10.0 Å². The van der Waals surface area contributed by atoms with Gasteiger partial charge in [-0.15, -0.1) is 0 Å². The molecule has 1 aliphatic carbocycles. The molecule has 2 atom stereocenters. The Morgan fingerprint density at radius 2 is 2.03 bits per heavy atom. The number of nitrogens with zero attached hydrogens (tertiary/aromatic N) is 3. The van der Waals surface area contributed by atoms with Gasteiger partial charge in [0.1, 0.15) is 5.65 Å². The number of aromatic nitrogens is 3. The van der Waals surface area contributed by atoms with Gasteiger partial charge in [-0.05, 0) is 70.0 Å². The molecule has 0 amide bonds. The second kappa shape index (κ2) is 8.67. The molecule has 4 rings (SSSR count). The van der Waals surface area contributed by atoms with Gasteiger partial charge in [0.25, 0.3) is 12.0 Å². The Morgan fingerprint density at radius 1 is 1.29 bits per heavy atom. The van der Waals surface area contributed by atoms with E-state index < -0.39 is 39.2 Å². The molecule has 12 heteroatoms. The minimum absolute atomic E-state index is 0.0920. The number of rotatable bonds is 6. The number of halogens is 2. The highest BCUT2D eigenvalue weighted by Gasteiger charge is 2.40. The standard InChI is InChI=1S/C22H25F2N5O4S/c1-12-9-14(34(32,33)25-3)6-7-16(12)27-21-26-11-13-10-15(18(23)24)20(30)29(19(13)28-21)17-5-4-8-22(17,2)31/h6-7,9-11,17-18,25,31H,4-5,8H2,1-3H3,(H,26,27,28)/t17-,22-/m1/s1. The van der Waals surface area contributed by atoms with Crippen molar-refractivity contribution >= 4 is 32.7 Å². The largest absolute Gasteiger partial charge is 0.388 e. The van der Waals surface area contributed by atoms with E-state index >= 15 is 0 Å². The predicted molar refractivity (Wildman–Crippen MR) is 123 cm³/mol. The summed E-state index contributed by atoms with van der Waals surface area (Å²) in [6.07, 6.45) is -0.126. The average molecular weight is 494 g/mol. The first-order valence-corrected chi connectivity index (χ1v) is 12.2. The minimum atomic E-state index is -3.61. The van der Waals surface area contributed by atoms with Crippen molar-refractivity contribution in [3.05, 3.63) is 51.9 Å². The molecular formula is C22H25F2N5O4S. The van der Waals surface area contributed by atoms with Crippen LogP contribution in [0.5, 0.6) is 0 Å². The fourth-order valence-electron chi connectivity index (χ4n) is 4.37. The first-order chi connectivity index (χ1) is 15.9. The third kappa shape index (κ3) is 4.28. The Kier molecular flexibility index (Phi) is 6.17. The van der Waals surface area contributed by atoms with Crippen molar-refractivity contribution in [1.82, 2.24) is 19.3 Å². The summed E-state index contributed by atoms with van der Waals surface area (Å²) in [6.45, 7) is 3.29. The molecular weight excluding hydrogens is 468 g/mol. The molecule has 3 aromatic rings. The van der Waals surface area contributed by atoms with Crippen LogP contribution >= 0.6 is 0 Å². The van der Waals surface area contributed by atoms with E-state index in [0.717, 1.165) is 10.6 Å². The zero-order valence-corrected chi connectivity index (χ0v) is 19.7. The zero-order chi connectivity index (χ0) is 24.8. The van der Waals surface area contributed by atoms with Crippen molar-refractivity contribution in [2.75, 3.05) is 12.4 Å². The van der Waals surface area contributed by atoms with Crippen LogP contribution in [0.15, 0.2) is 40.2 Å². The summed E-state index contributed by atoms with van der Waals surface area (Å²) >= 11 is 0. The lowest BCUT2D eigenvalue weighted by atomic mass is 9.99. The third-order valence-electron chi connectivity index (χ3n) is 6.25. The number of aliphatic hydroxyl groups is 1. The Hall–Kier alpha value is -2.96. The molecule has 1 fully saturated rings. The zero-order valence-electron chi connectivity index (χ0n) is 18.8. The molecule has 0 saturated heterocycles. The van der Waals surface area contributed by atoms with Gasteiger partial charge < -0.3 is 10.4 Å². The fraction of sp³-hybridized carbons (Fsp3) is 0.409. The molecule has 0 aliphatic heterocycles. The van der Waals surface area contributed by atoms with Crippen molar-refractivity contribution in [3.63, 3.8) is 0 Å². The van der Waals surface area contributed by atoms with Gasteiger partial charge in [-0.25, -0.2) is 26.9 Å². The third-order valence-corrected chi connectivity index (χ3v) is 7.66. The van der Waals surface area contributed by atoms with Gasteiger partial charge in [-0.2, -0.15) is 4.98 Å². The highest BCUT2D eigenvalue weighted by Crippen LogP contribution is 2.40. The number of pyridine rings is 1. The number of hydrogen-bond acceptors (Lipinski definition) is 7. The van der Waals surface area contributed by atoms with Crippen molar-refractivity contribution in [3.8, 4) is 0 Å². The molecule has 1 aliphatic rings. The van der Waals surface area contributed by atoms with Gasteiger partial charge in [-0.1, -0.05) is 0 Å². The number of hydrogen-bond donors (Lipinski definition) is 3. The topological polar surface area (TPSA) is 126 Å². The summed E-state index contributed by atoms with van der Waals surface area (Å²) < 4.78 is 54.7. The molecule has 2 aromatic heterocycles. The first kappa shape index (κ1) is 24.2. The summed E-state index contributed by atoms with van der Waals surface area (Å²) in [5, 5.41) is 14.1. The normalized spacial score (nSPS) is 20.9. The Bertz CT molecular complexity index is 1420. The van der Waals surface area contributed by atoms with Crippen LogP contribution in [0.2, 0.25) is 0 Å². The monoisotopic (exact) mass is 493 g/mol. The van der Waals surface area contributed by atoms with E-state index in [1.165, 1.54) is 25.4 Å². The Labute approximate surface area is 194 Å². The van der Waals surface area contributed by atoms with E-state index in [1.54, 1.807) is 19.9 Å². The highest BCUT2D eigenvalue weighted by atomic mass is 32.2. The lowest BCUT2D eigenvalue weighted by Gasteiger charge is -2.28. The van der Waals surface area contributed by atoms with Gasteiger partial charge in [0, 0.05) is 17.3 Å². The summed E-state index contributed by atoms with van der Waals surface area (Å²) in [7, 11) is -2.29. The smallest absolute Gasteiger partial charge is 0.269 e. The van der Waals surface area contributed by atoms with Crippen LogP contribution in [0.3, 0.4) is 0 Å². The van der Waals surface area contributed by atoms with E-state index in [-0.39, 0.29) is 21.9 Å². The van der Waals surface area contributed by atoms with Crippen molar-refractivity contribution in [2.45, 2.75) is 56.1 Å². The van der Waals surface area contributed by atoms with Crippen molar-refractivity contribution in [2.24, 2.45) is 0 Å². The molecule has 34 heavy (non-hydrogen) atoms.